The number of nitrogens with zero attached hydrogens (tertiary/aromatic N) is 1. The highest BCUT2D eigenvalue weighted by atomic mass is 19.1. The second kappa shape index (κ2) is 7.72. The number of aliphatic hydroxyl groups is 1. The number of hydrogen-bond donors (Lipinski definition) is 1. The van der Waals surface area contributed by atoms with Crippen molar-refractivity contribution in [1.29, 1.82) is 0 Å². The van der Waals surface area contributed by atoms with E-state index >= 15 is 0 Å². The molecule has 0 bridgehead atoms. The topological polar surface area (TPSA) is 32.7 Å². The van der Waals surface area contributed by atoms with Gasteiger partial charge in [-0.25, -0.2) is 4.39 Å². The van der Waals surface area contributed by atoms with Crippen LogP contribution in [0.3, 0.4) is 0 Å². The van der Waals surface area contributed by atoms with Crippen molar-refractivity contribution in [3.8, 4) is 0 Å². The van der Waals surface area contributed by atoms with Crippen LogP contribution in [0.1, 0.15) is 30.9 Å². The molecule has 1 heterocycles. The molecule has 1 unspecified atom stereocenters. The molecule has 0 amide bonds. The van der Waals surface area contributed by atoms with Crippen LogP contribution in [-0.2, 0) is 4.74 Å². The lowest BCUT2D eigenvalue weighted by atomic mass is 9.97. The van der Waals surface area contributed by atoms with Crippen molar-refractivity contribution in [2.75, 3.05) is 33.4 Å². The predicted molar refractivity (Wildman–Crippen MR) is 77.0 cm³/mol. The van der Waals surface area contributed by atoms with Crippen molar-refractivity contribution in [3.63, 3.8) is 0 Å². The Hall–Kier alpha value is -0.970. The summed E-state index contributed by atoms with van der Waals surface area (Å²) in [5, 5.41) is 10.1. The van der Waals surface area contributed by atoms with Gasteiger partial charge in [0.25, 0.3) is 0 Å². The second-order valence-corrected chi connectivity index (χ2v) is 5.60. The maximum Gasteiger partial charge on any atom is 0.123 e. The van der Waals surface area contributed by atoms with Crippen molar-refractivity contribution >= 4 is 0 Å². The van der Waals surface area contributed by atoms with E-state index in [2.05, 4.69) is 4.90 Å². The number of rotatable bonds is 6. The van der Waals surface area contributed by atoms with Crippen molar-refractivity contribution in [2.45, 2.75) is 25.4 Å². The number of hydrogen-bond acceptors (Lipinski definition) is 3. The quantitative estimate of drug-likeness (QED) is 0.870. The fourth-order valence-corrected chi connectivity index (χ4v) is 2.80. The summed E-state index contributed by atoms with van der Waals surface area (Å²) in [5.41, 5.74) is 0.666. The summed E-state index contributed by atoms with van der Waals surface area (Å²) >= 11 is 0. The van der Waals surface area contributed by atoms with Crippen molar-refractivity contribution in [1.82, 2.24) is 4.90 Å². The molecule has 0 spiro atoms. The lowest BCUT2D eigenvalue weighted by Crippen LogP contribution is -2.36. The van der Waals surface area contributed by atoms with Gasteiger partial charge >= 0.3 is 0 Å². The van der Waals surface area contributed by atoms with Crippen LogP contribution < -0.4 is 0 Å². The highest BCUT2D eigenvalue weighted by Gasteiger charge is 2.19. The van der Waals surface area contributed by atoms with Gasteiger partial charge in [0.2, 0.25) is 0 Å². The molecule has 1 aliphatic heterocycles. The van der Waals surface area contributed by atoms with Crippen molar-refractivity contribution in [3.05, 3.63) is 35.6 Å². The number of methoxy groups -OCH3 is 1. The number of piperidine rings is 1. The minimum absolute atomic E-state index is 0.290. The molecule has 0 aromatic heterocycles. The molecule has 1 atom stereocenters. The highest BCUT2D eigenvalue weighted by Crippen LogP contribution is 2.21. The van der Waals surface area contributed by atoms with Crippen molar-refractivity contribution in [2.24, 2.45) is 5.92 Å². The molecule has 1 aromatic carbocycles. The number of benzene rings is 1. The van der Waals surface area contributed by atoms with E-state index in [-0.39, 0.29) is 5.82 Å². The van der Waals surface area contributed by atoms with Gasteiger partial charge < -0.3 is 14.7 Å². The number of ether oxygens (including phenoxy) is 1. The van der Waals surface area contributed by atoms with Crippen LogP contribution in [0, 0.1) is 11.7 Å². The van der Waals surface area contributed by atoms with E-state index in [0.717, 1.165) is 39.1 Å². The minimum Gasteiger partial charge on any atom is -0.388 e. The molecule has 1 saturated heterocycles. The Morgan fingerprint density at radius 3 is 2.80 bits per heavy atom. The summed E-state index contributed by atoms with van der Waals surface area (Å²) in [5.74, 6) is 0.381. The Bertz CT molecular complexity index is 405. The van der Waals surface area contributed by atoms with Gasteiger partial charge in [0.1, 0.15) is 5.82 Å². The molecule has 1 fully saturated rings. The largest absolute Gasteiger partial charge is 0.388 e. The Balaban J connectivity index is 1.73. The van der Waals surface area contributed by atoms with Gasteiger partial charge in [-0.05, 0) is 56.0 Å². The van der Waals surface area contributed by atoms with Gasteiger partial charge in [-0.3, -0.25) is 0 Å². The van der Waals surface area contributed by atoms with Crippen molar-refractivity contribution < 1.29 is 14.2 Å². The fourth-order valence-electron chi connectivity index (χ4n) is 2.80. The summed E-state index contributed by atoms with van der Waals surface area (Å²) < 4.78 is 18.3. The smallest absolute Gasteiger partial charge is 0.123 e. The Labute approximate surface area is 120 Å². The first-order valence-corrected chi connectivity index (χ1v) is 7.34. The first-order valence-electron chi connectivity index (χ1n) is 7.34. The highest BCUT2D eigenvalue weighted by molar-refractivity contribution is 5.18. The maximum absolute atomic E-state index is 13.1. The summed E-state index contributed by atoms with van der Waals surface area (Å²) in [4.78, 5) is 2.37. The molecule has 2 rings (SSSR count). The summed E-state index contributed by atoms with van der Waals surface area (Å²) in [6, 6.07) is 6.23. The van der Waals surface area contributed by atoms with E-state index in [9.17, 15) is 9.50 Å². The molecule has 3 nitrogen and oxygen atoms in total. The van der Waals surface area contributed by atoms with E-state index in [1.807, 2.05) is 0 Å². The van der Waals surface area contributed by atoms with Crippen LogP contribution in [0.15, 0.2) is 24.3 Å². The van der Waals surface area contributed by atoms with E-state index in [1.54, 1.807) is 19.2 Å². The molecular weight excluding hydrogens is 257 g/mol. The maximum atomic E-state index is 13.1. The third-order valence-corrected chi connectivity index (χ3v) is 4.06. The number of halogens is 1. The van der Waals surface area contributed by atoms with Gasteiger partial charge in [-0.15, -0.1) is 0 Å². The molecule has 20 heavy (non-hydrogen) atoms. The van der Waals surface area contributed by atoms with E-state index < -0.39 is 6.10 Å². The van der Waals surface area contributed by atoms with E-state index in [1.165, 1.54) is 12.1 Å². The Kier molecular flexibility index (Phi) is 5.95. The van der Waals surface area contributed by atoms with Crippen LogP contribution in [0.25, 0.3) is 0 Å². The average molecular weight is 281 g/mol. The van der Waals surface area contributed by atoms with Gasteiger partial charge in [-0.1, -0.05) is 12.1 Å². The lowest BCUT2D eigenvalue weighted by molar-refractivity contribution is 0.0869. The Morgan fingerprint density at radius 2 is 2.15 bits per heavy atom. The molecule has 112 valence electrons. The average Bonchev–Trinajstić information content (AvgIpc) is 2.46. The van der Waals surface area contributed by atoms with Crippen LogP contribution in [0.4, 0.5) is 4.39 Å². The van der Waals surface area contributed by atoms with E-state index in [0.29, 0.717) is 17.9 Å². The minimum atomic E-state index is -0.581. The van der Waals surface area contributed by atoms with Crippen LogP contribution >= 0.6 is 0 Å². The SMILES string of the molecule is COCC1CCN(CCC(O)c2cccc(F)c2)CC1. The third-order valence-electron chi connectivity index (χ3n) is 4.06. The third kappa shape index (κ3) is 4.54. The fraction of sp³-hybridized carbons (Fsp3) is 0.625. The predicted octanol–water partition coefficient (Wildman–Crippen LogP) is 2.61. The standard InChI is InChI=1S/C16H24FNO2/c1-20-12-13-5-8-18(9-6-13)10-7-16(19)14-3-2-4-15(17)11-14/h2-4,11,13,16,19H,5-10,12H2,1H3. The van der Waals surface area contributed by atoms with Crippen LogP contribution in [0.5, 0.6) is 0 Å². The molecule has 4 heteroatoms. The van der Waals surface area contributed by atoms with Gasteiger partial charge in [0.05, 0.1) is 6.10 Å². The van der Waals surface area contributed by atoms with Crippen LogP contribution in [-0.4, -0.2) is 43.4 Å². The normalized spacial score (nSPS) is 19.1. The molecule has 0 aliphatic carbocycles. The number of aliphatic hydroxyl groups excluding tert-OH is 1. The van der Waals surface area contributed by atoms with E-state index in [4.69, 9.17) is 4.74 Å². The van der Waals surface area contributed by atoms with Gasteiger partial charge in [-0.2, -0.15) is 0 Å². The zero-order valence-corrected chi connectivity index (χ0v) is 12.1. The van der Waals surface area contributed by atoms with Gasteiger partial charge in [0, 0.05) is 20.3 Å². The summed E-state index contributed by atoms with van der Waals surface area (Å²) in [6.45, 7) is 3.82. The molecular formula is C16H24FNO2. The molecule has 1 aromatic rings. The monoisotopic (exact) mass is 281 g/mol. The van der Waals surface area contributed by atoms with Crippen LogP contribution in [0.2, 0.25) is 0 Å². The summed E-state index contributed by atoms with van der Waals surface area (Å²) in [7, 11) is 1.75. The number of likely N-dealkylation sites (tertiary alicyclic amines) is 1. The molecule has 0 saturated carbocycles. The van der Waals surface area contributed by atoms with Gasteiger partial charge in [0.15, 0.2) is 0 Å². The first-order chi connectivity index (χ1) is 9.69. The molecule has 0 radical (unpaired) electrons. The first kappa shape index (κ1) is 15.4. The zero-order chi connectivity index (χ0) is 14.4. The Morgan fingerprint density at radius 1 is 1.40 bits per heavy atom. The molecule has 1 N–H and O–H groups in total. The second-order valence-electron chi connectivity index (χ2n) is 5.60. The molecule has 1 aliphatic rings. The zero-order valence-electron chi connectivity index (χ0n) is 12.1. The summed E-state index contributed by atoms with van der Waals surface area (Å²) in [6.07, 6.45) is 2.38. The lowest BCUT2D eigenvalue weighted by Gasteiger charge is -2.32.